The van der Waals surface area contributed by atoms with Crippen molar-refractivity contribution in [3.05, 3.63) is 29.8 Å². The van der Waals surface area contributed by atoms with Gasteiger partial charge in [0.2, 0.25) is 23.5 Å². The monoisotopic (exact) mass is 400 g/mol. The van der Waals surface area contributed by atoms with Gasteiger partial charge in [0, 0.05) is 26.5 Å². The summed E-state index contributed by atoms with van der Waals surface area (Å²) >= 11 is 0. The van der Waals surface area contributed by atoms with E-state index in [0.717, 1.165) is 11.0 Å². The van der Waals surface area contributed by atoms with E-state index < -0.39 is 29.7 Å². The van der Waals surface area contributed by atoms with Gasteiger partial charge in [-0.3, -0.25) is 29.4 Å². The number of amides is 4. The molecule has 150 valence electrons. The van der Waals surface area contributed by atoms with Crippen molar-refractivity contribution in [2.75, 3.05) is 7.05 Å². The lowest BCUT2D eigenvalue weighted by molar-refractivity contribution is -0.150. The first-order chi connectivity index (χ1) is 13.8. The van der Waals surface area contributed by atoms with Crippen molar-refractivity contribution in [3.8, 4) is 11.6 Å². The molecule has 0 radical (unpaired) electrons. The van der Waals surface area contributed by atoms with E-state index in [2.05, 4.69) is 20.4 Å². The number of carbonyl (C=O) groups excluding carboxylic acids is 4. The molecule has 0 saturated carbocycles. The highest BCUT2D eigenvalue weighted by atomic mass is 16.5. The van der Waals surface area contributed by atoms with Crippen LogP contribution < -0.4 is 5.32 Å². The SMILES string of the molecule is Cc1ncc(-c2noc(CN(C)C3=CC(=O)N(C4CCC(=O)NC4=O)C3=O)n2)o1. The molecule has 29 heavy (non-hydrogen) atoms. The molecule has 1 atom stereocenters. The molecule has 0 aromatic carbocycles. The summed E-state index contributed by atoms with van der Waals surface area (Å²) in [6.07, 6.45) is 2.76. The second-order valence-electron chi connectivity index (χ2n) is 6.62. The summed E-state index contributed by atoms with van der Waals surface area (Å²) in [6.45, 7) is 1.73. The van der Waals surface area contributed by atoms with Crippen LogP contribution in [0.3, 0.4) is 0 Å². The third kappa shape index (κ3) is 3.39. The fraction of sp³-hybridized carbons (Fsp3) is 0.353. The average molecular weight is 400 g/mol. The second kappa shape index (κ2) is 6.96. The highest BCUT2D eigenvalue weighted by Gasteiger charge is 2.43. The summed E-state index contributed by atoms with van der Waals surface area (Å²) in [5.41, 5.74) is 0.0787. The van der Waals surface area contributed by atoms with Gasteiger partial charge in [-0.2, -0.15) is 4.98 Å². The molecule has 0 aliphatic carbocycles. The van der Waals surface area contributed by atoms with Crippen molar-refractivity contribution in [2.24, 2.45) is 0 Å². The van der Waals surface area contributed by atoms with Crippen LogP contribution in [-0.4, -0.2) is 61.6 Å². The van der Waals surface area contributed by atoms with Gasteiger partial charge in [0.15, 0.2) is 11.7 Å². The topological polar surface area (TPSA) is 152 Å². The van der Waals surface area contributed by atoms with Gasteiger partial charge in [-0.1, -0.05) is 5.16 Å². The maximum atomic E-state index is 12.7. The lowest BCUT2D eigenvalue weighted by atomic mass is 10.0. The van der Waals surface area contributed by atoms with Gasteiger partial charge in [0.25, 0.3) is 11.8 Å². The predicted molar refractivity (Wildman–Crippen MR) is 92.1 cm³/mol. The van der Waals surface area contributed by atoms with Crippen LogP contribution in [0.4, 0.5) is 0 Å². The van der Waals surface area contributed by atoms with Crippen LogP contribution in [0.2, 0.25) is 0 Å². The zero-order valence-electron chi connectivity index (χ0n) is 15.5. The zero-order chi connectivity index (χ0) is 20.7. The first-order valence-corrected chi connectivity index (χ1v) is 8.73. The van der Waals surface area contributed by atoms with Crippen molar-refractivity contribution in [1.29, 1.82) is 0 Å². The number of rotatable bonds is 5. The third-order valence-electron chi connectivity index (χ3n) is 4.55. The van der Waals surface area contributed by atoms with Gasteiger partial charge < -0.3 is 13.8 Å². The minimum absolute atomic E-state index is 0.0498. The van der Waals surface area contributed by atoms with E-state index in [1.165, 1.54) is 11.1 Å². The number of aromatic nitrogens is 3. The molecule has 12 heteroatoms. The Kier molecular flexibility index (Phi) is 4.45. The van der Waals surface area contributed by atoms with Crippen LogP contribution in [-0.2, 0) is 25.7 Å². The fourth-order valence-corrected chi connectivity index (χ4v) is 3.14. The Bertz CT molecular complexity index is 1050. The van der Waals surface area contributed by atoms with E-state index in [-0.39, 0.29) is 36.8 Å². The first-order valence-electron chi connectivity index (χ1n) is 8.73. The van der Waals surface area contributed by atoms with Crippen LogP contribution in [0.25, 0.3) is 11.6 Å². The Labute approximate surface area is 163 Å². The number of likely N-dealkylation sites (N-methyl/N-ethyl adjacent to an activating group) is 1. The first kappa shape index (κ1) is 18.5. The van der Waals surface area contributed by atoms with Gasteiger partial charge in [-0.25, -0.2) is 4.98 Å². The van der Waals surface area contributed by atoms with E-state index >= 15 is 0 Å². The molecule has 1 unspecified atom stereocenters. The Morgan fingerprint density at radius 1 is 1.31 bits per heavy atom. The molecule has 4 heterocycles. The number of aryl methyl sites for hydroxylation is 1. The molecule has 2 aromatic heterocycles. The molecule has 4 rings (SSSR count). The van der Waals surface area contributed by atoms with Crippen LogP contribution >= 0.6 is 0 Å². The van der Waals surface area contributed by atoms with Gasteiger partial charge in [0.1, 0.15) is 11.7 Å². The molecule has 2 aliphatic rings. The maximum Gasteiger partial charge on any atom is 0.277 e. The van der Waals surface area contributed by atoms with Crippen LogP contribution in [0.15, 0.2) is 26.9 Å². The van der Waals surface area contributed by atoms with Gasteiger partial charge in [0.05, 0.1) is 12.7 Å². The Morgan fingerprint density at radius 2 is 2.10 bits per heavy atom. The van der Waals surface area contributed by atoms with Gasteiger partial charge in [-0.15, -0.1) is 0 Å². The van der Waals surface area contributed by atoms with Gasteiger partial charge in [-0.05, 0) is 6.42 Å². The highest BCUT2D eigenvalue weighted by molar-refractivity contribution is 6.18. The van der Waals surface area contributed by atoms with Crippen LogP contribution in [0.5, 0.6) is 0 Å². The van der Waals surface area contributed by atoms with Crippen molar-refractivity contribution < 1.29 is 28.1 Å². The molecule has 4 amide bonds. The van der Waals surface area contributed by atoms with Crippen molar-refractivity contribution in [1.82, 2.24) is 30.2 Å². The summed E-state index contributed by atoms with van der Waals surface area (Å²) < 4.78 is 10.5. The van der Waals surface area contributed by atoms with E-state index in [1.807, 2.05) is 0 Å². The van der Waals surface area contributed by atoms with E-state index in [9.17, 15) is 19.2 Å². The molecule has 1 N–H and O–H groups in total. The molecule has 0 spiro atoms. The Morgan fingerprint density at radius 3 is 2.79 bits per heavy atom. The van der Waals surface area contributed by atoms with Crippen molar-refractivity contribution in [3.63, 3.8) is 0 Å². The number of oxazole rings is 1. The Balaban J connectivity index is 1.46. The summed E-state index contributed by atoms with van der Waals surface area (Å²) in [6, 6.07) is -1.01. The molecule has 1 saturated heterocycles. The van der Waals surface area contributed by atoms with Crippen molar-refractivity contribution in [2.45, 2.75) is 32.4 Å². The summed E-state index contributed by atoms with van der Waals surface area (Å²) in [7, 11) is 1.58. The lowest BCUT2D eigenvalue weighted by Crippen LogP contribution is -2.54. The van der Waals surface area contributed by atoms with Crippen LogP contribution in [0.1, 0.15) is 24.6 Å². The molecule has 1 fully saturated rings. The van der Waals surface area contributed by atoms with Gasteiger partial charge >= 0.3 is 0 Å². The van der Waals surface area contributed by atoms with E-state index in [0.29, 0.717) is 11.7 Å². The largest absolute Gasteiger partial charge is 0.438 e. The number of piperidine rings is 1. The average Bonchev–Trinajstić information content (AvgIpc) is 3.36. The number of carbonyl (C=O) groups is 4. The summed E-state index contributed by atoms with van der Waals surface area (Å²) in [5.74, 6) is -1.13. The lowest BCUT2D eigenvalue weighted by Gasteiger charge is -2.29. The third-order valence-corrected chi connectivity index (χ3v) is 4.55. The smallest absolute Gasteiger partial charge is 0.277 e. The molecule has 0 bridgehead atoms. The quantitative estimate of drug-likeness (QED) is 0.652. The normalized spacial score (nSPS) is 19.6. The predicted octanol–water partition coefficient (Wildman–Crippen LogP) is -0.477. The van der Waals surface area contributed by atoms with E-state index in [4.69, 9.17) is 8.94 Å². The standard InChI is InChI=1S/C17H16N6O6/c1-8-18-6-11(28-8)15-20-13(29-21-15)7-22(2)10-5-14(25)23(17(10)27)9-3-4-12(24)19-16(9)26/h5-6,9H,3-4,7H2,1-2H3,(H,19,24,26). The molecular formula is C17H16N6O6. The highest BCUT2D eigenvalue weighted by Crippen LogP contribution is 2.24. The number of nitrogens with zero attached hydrogens (tertiary/aromatic N) is 5. The molecule has 12 nitrogen and oxygen atoms in total. The number of hydrogen-bond donors (Lipinski definition) is 1. The molecular weight excluding hydrogens is 384 g/mol. The number of nitrogens with one attached hydrogen (secondary N) is 1. The maximum absolute atomic E-state index is 12.7. The second-order valence-corrected chi connectivity index (χ2v) is 6.62. The minimum atomic E-state index is -1.01. The van der Waals surface area contributed by atoms with Crippen molar-refractivity contribution >= 4 is 23.6 Å². The summed E-state index contributed by atoms with van der Waals surface area (Å²) in [4.78, 5) is 58.9. The Hall–Kier alpha value is -3.83. The number of hydrogen-bond acceptors (Lipinski definition) is 10. The molecule has 2 aliphatic heterocycles. The molecule has 2 aromatic rings. The fourth-order valence-electron chi connectivity index (χ4n) is 3.14. The van der Waals surface area contributed by atoms with E-state index in [1.54, 1.807) is 14.0 Å². The zero-order valence-corrected chi connectivity index (χ0v) is 15.5. The minimum Gasteiger partial charge on any atom is -0.438 e. The number of imide groups is 2. The summed E-state index contributed by atoms with van der Waals surface area (Å²) in [5, 5.41) is 5.95. The van der Waals surface area contributed by atoms with Crippen LogP contribution in [0, 0.1) is 6.92 Å².